The van der Waals surface area contributed by atoms with Gasteiger partial charge in [-0.05, 0) is 57.7 Å². The Kier molecular flexibility index (Phi) is 3.71. The Bertz CT molecular complexity index is 355. The van der Waals surface area contributed by atoms with Crippen LogP contribution in [0.15, 0.2) is 22.8 Å². The van der Waals surface area contributed by atoms with E-state index in [1.807, 2.05) is 6.07 Å². The molecular weight excluding hydrogens is 224 g/mol. The lowest BCUT2D eigenvalue weighted by atomic mass is 10.2. The first-order valence-corrected chi connectivity index (χ1v) is 7.34. The van der Waals surface area contributed by atoms with Gasteiger partial charge in [0.25, 0.3) is 0 Å². The van der Waals surface area contributed by atoms with Gasteiger partial charge in [-0.25, -0.2) is 0 Å². The Morgan fingerprint density at radius 1 is 1.39 bits per heavy atom. The van der Waals surface area contributed by atoms with Crippen LogP contribution in [0.25, 0.3) is 0 Å². The summed E-state index contributed by atoms with van der Waals surface area (Å²) < 4.78 is 5.49. The molecule has 1 aromatic heterocycles. The molecule has 0 aromatic carbocycles. The highest BCUT2D eigenvalue weighted by Gasteiger charge is 2.32. The van der Waals surface area contributed by atoms with Crippen molar-refractivity contribution in [1.29, 1.82) is 0 Å². The highest BCUT2D eigenvalue weighted by molar-refractivity contribution is 5.00. The number of nitrogens with one attached hydrogen (secondary N) is 1. The summed E-state index contributed by atoms with van der Waals surface area (Å²) in [5.74, 6) is 1.10. The highest BCUT2D eigenvalue weighted by atomic mass is 16.3. The number of hydrogen-bond donors (Lipinski definition) is 1. The Hall–Kier alpha value is -0.800. The minimum Gasteiger partial charge on any atom is -0.468 e. The molecule has 1 heterocycles. The summed E-state index contributed by atoms with van der Waals surface area (Å²) in [6.45, 7) is 4.49. The number of rotatable bonds is 8. The number of nitrogens with zero attached hydrogens (tertiary/aromatic N) is 1. The van der Waals surface area contributed by atoms with Gasteiger partial charge in [0.2, 0.25) is 0 Å². The molecule has 3 rings (SSSR count). The van der Waals surface area contributed by atoms with Gasteiger partial charge in [-0.2, -0.15) is 0 Å². The van der Waals surface area contributed by atoms with E-state index in [4.69, 9.17) is 4.42 Å². The summed E-state index contributed by atoms with van der Waals surface area (Å²) in [4.78, 5) is 2.62. The molecule has 2 aliphatic carbocycles. The second-order valence-corrected chi connectivity index (χ2v) is 5.85. The van der Waals surface area contributed by atoms with Crippen LogP contribution in [0.2, 0.25) is 0 Å². The summed E-state index contributed by atoms with van der Waals surface area (Å²) >= 11 is 0. The maximum absolute atomic E-state index is 5.49. The molecule has 18 heavy (non-hydrogen) atoms. The van der Waals surface area contributed by atoms with Crippen LogP contribution in [0.5, 0.6) is 0 Å². The molecular formula is C15H24N2O. The third kappa shape index (κ3) is 3.36. The molecule has 100 valence electrons. The van der Waals surface area contributed by atoms with Crippen molar-refractivity contribution in [3.05, 3.63) is 24.2 Å². The third-order valence-electron chi connectivity index (χ3n) is 4.07. The van der Waals surface area contributed by atoms with Crippen molar-refractivity contribution in [2.24, 2.45) is 0 Å². The van der Waals surface area contributed by atoms with E-state index in [2.05, 4.69) is 23.2 Å². The molecule has 2 aliphatic rings. The zero-order valence-corrected chi connectivity index (χ0v) is 11.3. The van der Waals surface area contributed by atoms with Crippen LogP contribution >= 0.6 is 0 Å². The van der Waals surface area contributed by atoms with Crippen LogP contribution in [-0.2, 0) is 6.54 Å². The lowest BCUT2D eigenvalue weighted by Crippen LogP contribution is -2.36. The van der Waals surface area contributed by atoms with Gasteiger partial charge in [0.15, 0.2) is 0 Å². The maximum Gasteiger partial charge on any atom is 0.117 e. The van der Waals surface area contributed by atoms with E-state index >= 15 is 0 Å². The van der Waals surface area contributed by atoms with Crippen LogP contribution in [0.3, 0.4) is 0 Å². The summed E-state index contributed by atoms with van der Waals surface area (Å²) in [6, 6.07) is 6.35. The zero-order chi connectivity index (χ0) is 12.4. The SMILES string of the molecule is CC(CCNC1CC1)N(Cc1ccco1)C1CC1. The third-order valence-corrected chi connectivity index (χ3v) is 4.07. The average Bonchev–Trinajstić information content (AvgIpc) is 3.28. The normalized spacial score (nSPS) is 21.4. The molecule has 0 bridgehead atoms. The molecule has 1 N–H and O–H groups in total. The second kappa shape index (κ2) is 5.45. The predicted molar refractivity (Wildman–Crippen MR) is 72.4 cm³/mol. The van der Waals surface area contributed by atoms with Crippen molar-refractivity contribution in [3.8, 4) is 0 Å². The minimum absolute atomic E-state index is 0.647. The summed E-state index contributed by atoms with van der Waals surface area (Å²) in [5.41, 5.74) is 0. The number of hydrogen-bond acceptors (Lipinski definition) is 3. The second-order valence-electron chi connectivity index (χ2n) is 5.85. The molecule has 1 unspecified atom stereocenters. The van der Waals surface area contributed by atoms with Crippen molar-refractivity contribution < 1.29 is 4.42 Å². The lowest BCUT2D eigenvalue weighted by molar-refractivity contribution is 0.166. The molecule has 0 spiro atoms. The standard InChI is InChI=1S/C15H24N2O/c1-12(8-9-16-13-4-5-13)17(14-6-7-14)11-15-3-2-10-18-15/h2-3,10,12-14,16H,4-9,11H2,1H3. The molecule has 2 saturated carbocycles. The van der Waals surface area contributed by atoms with Crippen molar-refractivity contribution in [3.63, 3.8) is 0 Å². The van der Waals surface area contributed by atoms with Gasteiger partial charge in [0.1, 0.15) is 5.76 Å². The molecule has 0 saturated heterocycles. The van der Waals surface area contributed by atoms with E-state index in [0.29, 0.717) is 6.04 Å². The van der Waals surface area contributed by atoms with Crippen LogP contribution < -0.4 is 5.32 Å². The lowest BCUT2D eigenvalue weighted by Gasteiger charge is -2.28. The van der Waals surface area contributed by atoms with Gasteiger partial charge in [-0.3, -0.25) is 4.90 Å². The van der Waals surface area contributed by atoms with Gasteiger partial charge in [-0.15, -0.1) is 0 Å². The van der Waals surface area contributed by atoms with Crippen molar-refractivity contribution >= 4 is 0 Å². The molecule has 0 aliphatic heterocycles. The molecule has 3 nitrogen and oxygen atoms in total. The smallest absolute Gasteiger partial charge is 0.117 e. The monoisotopic (exact) mass is 248 g/mol. The molecule has 2 fully saturated rings. The zero-order valence-electron chi connectivity index (χ0n) is 11.3. The van der Waals surface area contributed by atoms with Crippen molar-refractivity contribution in [2.45, 2.75) is 63.7 Å². The number of furan rings is 1. The largest absolute Gasteiger partial charge is 0.468 e. The predicted octanol–water partition coefficient (Wildman–Crippen LogP) is 2.77. The van der Waals surface area contributed by atoms with Crippen LogP contribution in [0.4, 0.5) is 0 Å². The van der Waals surface area contributed by atoms with E-state index in [1.54, 1.807) is 6.26 Å². The fraction of sp³-hybridized carbons (Fsp3) is 0.733. The van der Waals surface area contributed by atoms with E-state index in [1.165, 1.54) is 32.1 Å². The molecule has 0 amide bonds. The van der Waals surface area contributed by atoms with E-state index in [9.17, 15) is 0 Å². The fourth-order valence-electron chi connectivity index (χ4n) is 2.58. The molecule has 1 atom stereocenters. The summed E-state index contributed by atoms with van der Waals surface area (Å²) in [5, 5.41) is 3.61. The van der Waals surface area contributed by atoms with Gasteiger partial charge in [-0.1, -0.05) is 0 Å². The average molecular weight is 248 g/mol. The Balaban J connectivity index is 1.48. The van der Waals surface area contributed by atoms with Gasteiger partial charge >= 0.3 is 0 Å². The summed E-state index contributed by atoms with van der Waals surface area (Å²) in [7, 11) is 0. The first-order chi connectivity index (χ1) is 8.83. The molecule has 3 heteroatoms. The van der Waals surface area contributed by atoms with E-state index < -0.39 is 0 Å². The maximum atomic E-state index is 5.49. The first kappa shape index (κ1) is 12.2. The Labute approximate surface area is 110 Å². The van der Waals surface area contributed by atoms with Gasteiger partial charge in [0.05, 0.1) is 12.8 Å². The first-order valence-electron chi connectivity index (χ1n) is 7.34. The molecule has 1 aromatic rings. The quantitative estimate of drug-likeness (QED) is 0.767. The molecule has 0 radical (unpaired) electrons. The fourth-order valence-corrected chi connectivity index (χ4v) is 2.58. The Morgan fingerprint density at radius 3 is 2.83 bits per heavy atom. The highest BCUT2D eigenvalue weighted by Crippen LogP contribution is 2.31. The topological polar surface area (TPSA) is 28.4 Å². The van der Waals surface area contributed by atoms with Crippen molar-refractivity contribution in [1.82, 2.24) is 10.2 Å². The van der Waals surface area contributed by atoms with Crippen molar-refractivity contribution in [2.75, 3.05) is 6.54 Å². The van der Waals surface area contributed by atoms with Crippen LogP contribution in [0.1, 0.15) is 44.8 Å². The van der Waals surface area contributed by atoms with Crippen LogP contribution in [0, 0.1) is 0 Å². The van der Waals surface area contributed by atoms with E-state index in [-0.39, 0.29) is 0 Å². The van der Waals surface area contributed by atoms with Gasteiger partial charge in [0, 0.05) is 18.1 Å². The minimum atomic E-state index is 0.647. The van der Waals surface area contributed by atoms with E-state index in [0.717, 1.165) is 30.9 Å². The summed E-state index contributed by atoms with van der Waals surface area (Å²) in [6.07, 6.45) is 8.51. The Morgan fingerprint density at radius 2 is 2.22 bits per heavy atom. The van der Waals surface area contributed by atoms with Crippen LogP contribution in [-0.4, -0.2) is 29.6 Å². The van der Waals surface area contributed by atoms with Gasteiger partial charge < -0.3 is 9.73 Å².